The first-order chi connectivity index (χ1) is 8.15. The van der Waals surface area contributed by atoms with Gasteiger partial charge in [0.15, 0.2) is 0 Å². The highest BCUT2D eigenvalue weighted by atomic mass is 16.4. The number of amides is 1. The molecule has 0 fully saturated rings. The van der Waals surface area contributed by atoms with E-state index in [-0.39, 0.29) is 17.2 Å². The Morgan fingerprint density at radius 1 is 1.24 bits per heavy atom. The summed E-state index contributed by atoms with van der Waals surface area (Å²) in [6.07, 6.45) is 6.41. The van der Waals surface area contributed by atoms with Gasteiger partial charge in [0.2, 0.25) is 5.91 Å². The van der Waals surface area contributed by atoms with Gasteiger partial charge in [0.05, 0.1) is 11.3 Å². The molecule has 1 amide bonds. The Balaban J connectivity index is 2.81. The summed E-state index contributed by atoms with van der Waals surface area (Å²) >= 11 is 0. The number of para-hydroxylation sites is 1. The predicted octanol–water partition coefficient (Wildman–Crippen LogP) is 2.46. The zero-order valence-electron chi connectivity index (χ0n) is 9.38. The van der Waals surface area contributed by atoms with Gasteiger partial charge in [-0.25, -0.2) is 4.79 Å². The van der Waals surface area contributed by atoms with Crippen LogP contribution in [0, 0.1) is 0 Å². The highest BCUT2D eigenvalue weighted by molar-refractivity contribution is 6.04. The second-order valence-electron chi connectivity index (χ2n) is 3.22. The number of hydrogen-bond acceptors (Lipinski definition) is 2. The highest BCUT2D eigenvalue weighted by Crippen LogP contribution is 2.14. The summed E-state index contributed by atoms with van der Waals surface area (Å²) in [6.45, 7) is 1.84. The summed E-state index contributed by atoms with van der Waals surface area (Å²) in [5.41, 5.74) is 0.357. The van der Waals surface area contributed by atoms with Crippen LogP contribution in [0.3, 0.4) is 0 Å². The fourth-order valence-electron chi connectivity index (χ4n) is 1.21. The molecular formula is C13H13NO3. The lowest BCUT2D eigenvalue weighted by molar-refractivity contribution is -0.111. The van der Waals surface area contributed by atoms with Crippen LogP contribution in [0.15, 0.2) is 48.6 Å². The fourth-order valence-corrected chi connectivity index (χ4v) is 1.21. The van der Waals surface area contributed by atoms with Gasteiger partial charge >= 0.3 is 5.97 Å². The van der Waals surface area contributed by atoms with Crippen molar-refractivity contribution in [2.24, 2.45) is 0 Å². The summed E-state index contributed by atoms with van der Waals surface area (Å²) < 4.78 is 0. The Morgan fingerprint density at radius 2 is 1.94 bits per heavy atom. The first kappa shape index (κ1) is 12.7. The van der Waals surface area contributed by atoms with Crippen molar-refractivity contribution in [3.05, 3.63) is 54.1 Å². The molecule has 0 unspecified atom stereocenters. The second-order valence-corrected chi connectivity index (χ2v) is 3.22. The van der Waals surface area contributed by atoms with Gasteiger partial charge < -0.3 is 10.4 Å². The summed E-state index contributed by atoms with van der Waals surface area (Å²) in [6, 6.07) is 6.25. The van der Waals surface area contributed by atoms with Gasteiger partial charge in [-0.3, -0.25) is 4.79 Å². The molecular weight excluding hydrogens is 218 g/mol. The third kappa shape index (κ3) is 3.95. The quantitative estimate of drug-likeness (QED) is 0.618. The lowest BCUT2D eigenvalue weighted by Gasteiger charge is -2.05. The van der Waals surface area contributed by atoms with Crippen LogP contribution in [0.4, 0.5) is 5.69 Å². The molecule has 17 heavy (non-hydrogen) atoms. The van der Waals surface area contributed by atoms with Crippen molar-refractivity contribution in [2.45, 2.75) is 6.92 Å². The van der Waals surface area contributed by atoms with Crippen LogP contribution >= 0.6 is 0 Å². The number of allylic oxidation sites excluding steroid dienone is 3. The number of carbonyl (C=O) groups excluding carboxylic acids is 1. The number of carboxylic acid groups (broad SMARTS) is 1. The zero-order valence-corrected chi connectivity index (χ0v) is 9.38. The number of nitrogens with one attached hydrogen (secondary N) is 1. The molecule has 0 bridgehead atoms. The van der Waals surface area contributed by atoms with Crippen LogP contribution < -0.4 is 5.32 Å². The van der Waals surface area contributed by atoms with Gasteiger partial charge in [-0.05, 0) is 19.1 Å². The summed E-state index contributed by atoms with van der Waals surface area (Å²) in [5.74, 6) is -1.44. The minimum absolute atomic E-state index is 0.0697. The maximum absolute atomic E-state index is 11.4. The van der Waals surface area contributed by atoms with Crippen molar-refractivity contribution in [1.82, 2.24) is 0 Å². The number of aromatic carboxylic acids is 1. The molecule has 88 valence electrons. The molecule has 0 saturated heterocycles. The second kappa shape index (κ2) is 6.27. The zero-order chi connectivity index (χ0) is 12.7. The van der Waals surface area contributed by atoms with E-state index in [0.29, 0.717) is 0 Å². The van der Waals surface area contributed by atoms with E-state index >= 15 is 0 Å². The van der Waals surface area contributed by atoms with E-state index < -0.39 is 5.97 Å². The van der Waals surface area contributed by atoms with Gasteiger partial charge in [0, 0.05) is 6.08 Å². The molecule has 0 aromatic heterocycles. The van der Waals surface area contributed by atoms with Crippen molar-refractivity contribution in [2.75, 3.05) is 5.32 Å². The van der Waals surface area contributed by atoms with Gasteiger partial charge in [-0.15, -0.1) is 0 Å². The summed E-state index contributed by atoms with van der Waals surface area (Å²) in [4.78, 5) is 22.3. The number of anilines is 1. The van der Waals surface area contributed by atoms with Crippen LogP contribution in [0.1, 0.15) is 17.3 Å². The molecule has 0 saturated carbocycles. The Labute approximate surface area is 99.3 Å². The van der Waals surface area contributed by atoms with Crippen LogP contribution in [0.2, 0.25) is 0 Å². The van der Waals surface area contributed by atoms with Gasteiger partial charge in [-0.2, -0.15) is 0 Å². The minimum Gasteiger partial charge on any atom is -0.478 e. The number of carboxylic acids is 1. The molecule has 1 rings (SSSR count). The average molecular weight is 231 g/mol. The van der Waals surface area contributed by atoms with E-state index in [4.69, 9.17) is 5.11 Å². The number of benzene rings is 1. The molecule has 0 aliphatic rings. The van der Waals surface area contributed by atoms with Gasteiger partial charge in [-0.1, -0.05) is 30.4 Å². The predicted molar refractivity (Wildman–Crippen MR) is 66.0 cm³/mol. The molecule has 0 aliphatic heterocycles. The molecule has 0 atom stereocenters. The first-order valence-electron chi connectivity index (χ1n) is 5.08. The minimum atomic E-state index is -1.07. The van der Waals surface area contributed by atoms with E-state index in [9.17, 15) is 9.59 Å². The number of rotatable bonds is 4. The van der Waals surface area contributed by atoms with Crippen molar-refractivity contribution in [3.8, 4) is 0 Å². The van der Waals surface area contributed by atoms with Gasteiger partial charge in [0.25, 0.3) is 0 Å². The van der Waals surface area contributed by atoms with Crippen LogP contribution in [0.5, 0.6) is 0 Å². The van der Waals surface area contributed by atoms with Crippen LogP contribution in [-0.4, -0.2) is 17.0 Å². The van der Waals surface area contributed by atoms with Crippen molar-refractivity contribution < 1.29 is 14.7 Å². The van der Waals surface area contributed by atoms with E-state index in [1.165, 1.54) is 12.1 Å². The molecule has 1 aromatic rings. The lowest BCUT2D eigenvalue weighted by Crippen LogP contribution is -2.11. The molecule has 2 N–H and O–H groups in total. The van der Waals surface area contributed by atoms with Crippen molar-refractivity contribution in [1.29, 1.82) is 0 Å². The molecule has 4 heteroatoms. The highest BCUT2D eigenvalue weighted by Gasteiger charge is 2.09. The number of carbonyl (C=O) groups is 2. The third-order valence-corrected chi connectivity index (χ3v) is 1.97. The normalized spacial score (nSPS) is 10.9. The van der Waals surface area contributed by atoms with Crippen molar-refractivity contribution >= 4 is 17.6 Å². The van der Waals surface area contributed by atoms with E-state index in [1.54, 1.807) is 36.4 Å². The average Bonchev–Trinajstić information content (AvgIpc) is 2.29. The summed E-state index contributed by atoms with van der Waals surface area (Å²) in [7, 11) is 0. The Morgan fingerprint density at radius 3 is 2.59 bits per heavy atom. The van der Waals surface area contributed by atoms with E-state index in [2.05, 4.69) is 5.32 Å². The SMILES string of the molecule is CC=CC=CC(=O)Nc1ccccc1C(=O)O. The van der Waals surface area contributed by atoms with Crippen LogP contribution in [0.25, 0.3) is 0 Å². The molecule has 4 nitrogen and oxygen atoms in total. The standard InChI is InChI=1S/C13H13NO3/c1-2-3-4-9-12(15)14-11-8-6-5-7-10(11)13(16)17/h2-9H,1H3,(H,14,15)(H,16,17). The summed E-state index contributed by atoms with van der Waals surface area (Å²) in [5, 5.41) is 11.4. The largest absolute Gasteiger partial charge is 0.478 e. The topological polar surface area (TPSA) is 66.4 Å². The van der Waals surface area contributed by atoms with Crippen LogP contribution in [-0.2, 0) is 4.79 Å². The Bertz CT molecular complexity index is 475. The first-order valence-corrected chi connectivity index (χ1v) is 5.08. The maximum Gasteiger partial charge on any atom is 0.337 e. The Hall–Kier alpha value is -2.36. The van der Waals surface area contributed by atoms with Crippen molar-refractivity contribution in [3.63, 3.8) is 0 Å². The number of hydrogen-bond donors (Lipinski definition) is 2. The third-order valence-electron chi connectivity index (χ3n) is 1.97. The maximum atomic E-state index is 11.4. The smallest absolute Gasteiger partial charge is 0.337 e. The lowest BCUT2D eigenvalue weighted by atomic mass is 10.2. The monoisotopic (exact) mass is 231 g/mol. The Kier molecular flexibility index (Phi) is 4.69. The molecule has 0 spiro atoms. The van der Waals surface area contributed by atoms with Gasteiger partial charge in [0.1, 0.15) is 0 Å². The molecule has 0 aliphatic carbocycles. The molecule has 1 aromatic carbocycles. The van der Waals surface area contributed by atoms with E-state index in [0.717, 1.165) is 0 Å². The molecule has 0 radical (unpaired) electrons. The fraction of sp³-hybridized carbons (Fsp3) is 0.0769. The molecule has 0 heterocycles. The van der Waals surface area contributed by atoms with E-state index in [1.807, 2.05) is 6.92 Å².